The lowest BCUT2D eigenvalue weighted by atomic mass is 9.88. The standard InChI is InChI=1S/C27H25NO3S/c1-18-10-13-24(14-11-18)32(30,31)28-26(22-8-6-5-7-9-22)17-23-16-19(2)12-15-25(23)27(28)20(3)21(4)29/h5-17,27H,3H2,1-2,4H3/t27-/m1/s1. The molecule has 0 aliphatic carbocycles. The molecule has 0 saturated carbocycles. The Balaban J connectivity index is 2.04. The van der Waals surface area contributed by atoms with Crippen molar-refractivity contribution < 1.29 is 13.2 Å². The Morgan fingerprint density at radius 3 is 2.16 bits per heavy atom. The number of hydrogen-bond acceptors (Lipinski definition) is 3. The summed E-state index contributed by atoms with van der Waals surface area (Å²) in [5, 5.41) is 0. The molecule has 0 fully saturated rings. The van der Waals surface area contributed by atoms with Crippen LogP contribution >= 0.6 is 0 Å². The van der Waals surface area contributed by atoms with Crippen molar-refractivity contribution in [3.05, 3.63) is 113 Å². The highest BCUT2D eigenvalue weighted by Gasteiger charge is 2.40. The van der Waals surface area contributed by atoms with Gasteiger partial charge in [0.25, 0.3) is 10.0 Å². The van der Waals surface area contributed by atoms with E-state index in [0.717, 1.165) is 27.8 Å². The third-order valence-electron chi connectivity index (χ3n) is 5.73. The highest BCUT2D eigenvalue weighted by atomic mass is 32.2. The minimum atomic E-state index is -4.00. The number of carbonyl (C=O) groups excluding carboxylic acids is 1. The van der Waals surface area contributed by atoms with Gasteiger partial charge in [0.15, 0.2) is 5.78 Å². The first-order chi connectivity index (χ1) is 15.2. The van der Waals surface area contributed by atoms with Gasteiger partial charge in [0.2, 0.25) is 0 Å². The maximum atomic E-state index is 14.0. The van der Waals surface area contributed by atoms with Crippen LogP contribution in [0.4, 0.5) is 0 Å². The van der Waals surface area contributed by atoms with E-state index in [9.17, 15) is 13.2 Å². The molecular weight excluding hydrogens is 418 g/mol. The molecule has 4 rings (SSSR count). The van der Waals surface area contributed by atoms with Crippen LogP contribution in [-0.2, 0) is 14.8 Å². The molecule has 0 amide bonds. The number of Topliss-reactive ketones (excluding diaryl/α,β-unsaturated/α-hetero) is 1. The van der Waals surface area contributed by atoms with Crippen LogP contribution in [-0.4, -0.2) is 18.5 Å². The fraction of sp³-hybridized carbons (Fsp3) is 0.148. The molecule has 1 aliphatic heterocycles. The Morgan fingerprint density at radius 2 is 1.53 bits per heavy atom. The Morgan fingerprint density at radius 1 is 0.906 bits per heavy atom. The number of rotatable bonds is 5. The van der Waals surface area contributed by atoms with E-state index in [1.54, 1.807) is 24.3 Å². The van der Waals surface area contributed by atoms with Crippen molar-refractivity contribution in [2.45, 2.75) is 31.7 Å². The number of benzene rings is 3. The van der Waals surface area contributed by atoms with Gasteiger partial charge in [-0.15, -0.1) is 0 Å². The lowest BCUT2D eigenvalue weighted by molar-refractivity contribution is -0.114. The van der Waals surface area contributed by atoms with Crippen LogP contribution in [0, 0.1) is 13.8 Å². The van der Waals surface area contributed by atoms with Crippen molar-refractivity contribution >= 4 is 27.6 Å². The van der Waals surface area contributed by atoms with Crippen LogP contribution in [0.1, 0.15) is 40.8 Å². The van der Waals surface area contributed by atoms with Crippen LogP contribution in [0.15, 0.2) is 89.8 Å². The van der Waals surface area contributed by atoms with Gasteiger partial charge in [-0.05, 0) is 55.7 Å². The van der Waals surface area contributed by atoms with Gasteiger partial charge in [0.1, 0.15) is 0 Å². The monoisotopic (exact) mass is 443 g/mol. The maximum absolute atomic E-state index is 14.0. The van der Waals surface area contributed by atoms with E-state index < -0.39 is 16.1 Å². The average Bonchev–Trinajstić information content (AvgIpc) is 2.78. The third-order valence-corrected chi connectivity index (χ3v) is 7.52. The van der Waals surface area contributed by atoms with Gasteiger partial charge < -0.3 is 0 Å². The molecule has 0 unspecified atom stereocenters. The Kier molecular flexibility index (Phi) is 5.61. The largest absolute Gasteiger partial charge is 0.295 e. The molecule has 0 saturated heterocycles. The summed E-state index contributed by atoms with van der Waals surface area (Å²) in [5.41, 5.74) is 5.12. The van der Waals surface area contributed by atoms with E-state index in [4.69, 9.17) is 0 Å². The zero-order valence-electron chi connectivity index (χ0n) is 18.4. The number of ketones is 1. The van der Waals surface area contributed by atoms with E-state index in [1.807, 2.05) is 68.5 Å². The summed E-state index contributed by atoms with van der Waals surface area (Å²) in [5.74, 6) is -0.250. The van der Waals surface area contributed by atoms with Gasteiger partial charge in [-0.2, -0.15) is 0 Å². The molecule has 3 aromatic carbocycles. The maximum Gasteiger partial charge on any atom is 0.265 e. The number of fused-ring (bicyclic) bond motifs is 1. The normalized spacial score (nSPS) is 15.7. The van der Waals surface area contributed by atoms with E-state index in [0.29, 0.717) is 5.70 Å². The molecule has 1 atom stereocenters. The van der Waals surface area contributed by atoms with E-state index >= 15 is 0 Å². The molecule has 1 heterocycles. The molecular formula is C27H25NO3S. The molecule has 162 valence electrons. The predicted octanol–water partition coefficient (Wildman–Crippen LogP) is 5.69. The highest BCUT2D eigenvalue weighted by Crippen LogP contribution is 2.45. The first-order valence-corrected chi connectivity index (χ1v) is 11.8. The Hall–Kier alpha value is -3.44. The van der Waals surface area contributed by atoms with Crippen molar-refractivity contribution in [2.24, 2.45) is 0 Å². The molecule has 1 aliphatic rings. The predicted molar refractivity (Wildman–Crippen MR) is 128 cm³/mol. The fourth-order valence-corrected chi connectivity index (χ4v) is 5.62. The smallest absolute Gasteiger partial charge is 0.265 e. The molecule has 0 aromatic heterocycles. The summed E-state index contributed by atoms with van der Waals surface area (Å²) in [6.45, 7) is 9.33. The van der Waals surface area contributed by atoms with Gasteiger partial charge in [0, 0.05) is 5.57 Å². The molecule has 0 bridgehead atoms. The zero-order chi connectivity index (χ0) is 23.0. The fourth-order valence-electron chi connectivity index (χ4n) is 3.98. The van der Waals surface area contributed by atoms with Gasteiger partial charge in [-0.1, -0.05) is 78.4 Å². The summed E-state index contributed by atoms with van der Waals surface area (Å²) in [7, 11) is -4.00. The summed E-state index contributed by atoms with van der Waals surface area (Å²) in [6.07, 6.45) is 1.88. The SMILES string of the molecule is C=C(C(C)=O)[C@@H]1c2ccc(C)cc2C=C(c2ccccc2)N1S(=O)(=O)c1ccc(C)cc1. The molecule has 0 N–H and O–H groups in total. The molecule has 0 spiro atoms. The lowest BCUT2D eigenvalue weighted by Gasteiger charge is -2.39. The van der Waals surface area contributed by atoms with Gasteiger partial charge in [0.05, 0.1) is 16.6 Å². The van der Waals surface area contributed by atoms with Crippen LogP contribution in [0.3, 0.4) is 0 Å². The van der Waals surface area contributed by atoms with Crippen LogP contribution in [0.2, 0.25) is 0 Å². The third kappa shape index (κ3) is 3.80. The van der Waals surface area contributed by atoms with E-state index in [-0.39, 0.29) is 16.3 Å². The van der Waals surface area contributed by atoms with Crippen molar-refractivity contribution in [3.8, 4) is 0 Å². The van der Waals surface area contributed by atoms with Crippen LogP contribution < -0.4 is 0 Å². The topological polar surface area (TPSA) is 54.5 Å². The minimum absolute atomic E-state index is 0.168. The molecule has 32 heavy (non-hydrogen) atoms. The second-order valence-corrected chi connectivity index (χ2v) is 9.94. The first kappa shape index (κ1) is 21.8. The number of carbonyl (C=O) groups is 1. The van der Waals surface area contributed by atoms with E-state index in [1.165, 1.54) is 11.2 Å². The second kappa shape index (κ2) is 8.24. The quantitative estimate of drug-likeness (QED) is 0.476. The van der Waals surface area contributed by atoms with Crippen molar-refractivity contribution in [3.63, 3.8) is 0 Å². The van der Waals surface area contributed by atoms with Gasteiger partial charge in [-0.25, -0.2) is 8.42 Å². The Labute approximate surface area is 189 Å². The number of sulfonamides is 1. The molecule has 4 nitrogen and oxygen atoms in total. The lowest BCUT2D eigenvalue weighted by Crippen LogP contribution is -2.37. The van der Waals surface area contributed by atoms with Crippen molar-refractivity contribution in [2.75, 3.05) is 0 Å². The summed E-state index contributed by atoms with van der Waals surface area (Å²) in [6, 6.07) is 21.1. The van der Waals surface area contributed by atoms with E-state index in [2.05, 4.69) is 6.58 Å². The molecule has 5 heteroatoms. The average molecular weight is 444 g/mol. The molecule has 3 aromatic rings. The Bertz CT molecular complexity index is 1340. The van der Waals surface area contributed by atoms with Crippen molar-refractivity contribution in [1.82, 2.24) is 4.31 Å². The van der Waals surface area contributed by atoms with Crippen molar-refractivity contribution in [1.29, 1.82) is 0 Å². The van der Waals surface area contributed by atoms with Gasteiger partial charge >= 0.3 is 0 Å². The van der Waals surface area contributed by atoms with Gasteiger partial charge in [-0.3, -0.25) is 9.10 Å². The first-order valence-electron chi connectivity index (χ1n) is 10.4. The zero-order valence-corrected chi connectivity index (χ0v) is 19.2. The number of hydrogen-bond donors (Lipinski definition) is 0. The minimum Gasteiger partial charge on any atom is -0.295 e. The summed E-state index contributed by atoms with van der Waals surface area (Å²) < 4.78 is 29.4. The molecule has 0 radical (unpaired) electrons. The number of nitrogens with zero attached hydrogens (tertiary/aromatic N) is 1. The second-order valence-electron chi connectivity index (χ2n) is 8.13. The summed E-state index contributed by atoms with van der Waals surface area (Å²) in [4.78, 5) is 12.6. The van der Waals surface area contributed by atoms with Crippen LogP contribution in [0.5, 0.6) is 0 Å². The highest BCUT2D eigenvalue weighted by molar-refractivity contribution is 7.89. The summed E-state index contributed by atoms with van der Waals surface area (Å²) >= 11 is 0. The van der Waals surface area contributed by atoms with Crippen LogP contribution in [0.25, 0.3) is 11.8 Å². The number of aryl methyl sites for hydroxylation is 2.